The number of hydrogen-bond donors (Lipinski definition) is 1. The number of hydrogen-bond acceptors (Lipinski definition) is 3. The molecule has 1 amide bonds. The van der Waals surface area contributed by atoms with E-state index in [0.717, 1.165) is 29.0 Å². The summed E-state index contributed by atoms with van der Waals surface area (Å²) in [5, 5.41) is 3.41. The molecule has 0 aromatic heterocycles. The molecule has 5 nitrogen and oxygen atoms in total. The number of amides is 1. The molecule has 0 spiro atoms. The van der Waals surface area contributed by atoms with Gasteiger partial charge in [0.25, 0.3) is 0 Å². The van der Waals surface area contributed by atoms with Crippen LogP contribution in [-0.2, 0) is 27.7 Å². The average Bonchev–Trinajstić information content (AvgIpc) is 3.12. The average molecular weight is 435 g/mol. The van der Waals surface area contributed by atoms with Crippen molar-refractivity contribution in [2.24, 2.45) is 0 Å². The molecule has 1 N–H and O–H groups in total. The van der Waals surface area contributed by atoms with E-state index in [1.807, 2.05) is 13.0 Å². The molecule has 1 aliphatic carbocycles. The van der Waals surface area contributed by atoms with Gasteiger partial charge >= 0.3 is 0 Å². The third-order valence-electron chi connectivity index (χ3n) is 5.37. The lowest BCUT2D eigenvalue weighted by Gasteiger charge is -2.31. The molecule has 1 aliphatic rings. The van der Waals surface area contributed by atoms with Crippen LogP contribution in [0.5, 0.6) is 0 Å². The number of aryl methyl sites for hydroxylation is 2. The molecule has 2 aromatic carbocycles. The van der Waals surface area contributed by atoms with E-state index in [9.17, 15) is 13.2 Å². The topological polar surface area (TPSA) is 66.5 Å². The maximum Gasteiger partial charge on any atom is 0.244 e. The Morgan fingerprint density at radius 3 is 2.55 bits per heavy atom. The normalized spacial score (nSPS) is 15.4. The van der Waals surface area contributed by atoms with Crippen molar-refractivity contribution in [3.63, 3.8) is 0 Å². The molecule has 3 rings (SSSR count). The maximum atomic E-state index is 13.1. The number of carbonyl (C=O) groups excluding carboxylic acids is 1. The van der Waals surface area contributed by atoms with E-state index in [-0.39, 0.29) is 11.9 Å². The zero-order valence-corrected chi connectivity index (χ0v) is 18.6. The fourth-order valence-corrected chi connectivity index (χ4v) is 5.32. The van der Waals surface area contributed by atoms with E-state index in [2.05, 4.69) is 17.4 Å². The lowest BCUT2D eigenvalue weighted by molar-refractivity contribution is -0.122. The monoisotopic (exact) mass is 434 g/mol. The van der Waals surface area contributed by atoms with Gasteiger partial charge in [-0.2, -0.15) is 0 Å². The first kappa shape index (κ1) is 21.7. The second kappa shape index (κ2) is 8.76. The van der Waals surface area contributed by atoms with Crippen molar-refractivity contribution in [2.75, 3.05) is 10.6 Å². The molecule has 29 heavy (non-hydrogen) atoms. The molecular formula is C22H27ClN2O3S. The van der Waals surface area contributed by atoms with Gasteiger partial charge in [0, 0.05) is 5.02 Å². The number of rotatable bonds is 7. The lowest BCUT2D eigenvalue weighted by atomic mass is 10.0. The maximum absolute atomic E-state index is 13.1. The van der Waals surface area contributed by atoms with Crippen molar-refractivity contribution in [3.8, 4) is 0 Å². The zero-order valence-electron chi connectivity index (χ0n) is 17.0. The van der Waals surface area contributed by atoms with Gasteiger partial charge in [0.1, 0.15) is 6.04 Å². The molecule has 0 unspecified atom stereocenters. The first-order valence-corrected chi connectivity index (χ1v) is 12.1. The third kappa shape index (κ3) is 4.93. The van der Waals surface area contributed by atoms with Gasteiger partial charge in [0.15, 0.2) is 0 Å². The van der Waals surface area contributed by atoms with Gasteiger partial charge in [0.2, 0.25) is 15.9 Å². The third-order valence-corrected chi connectivity index (χ3v) is 6.79. The molecular weight excluding hydrogens is 408 g/mol. The van der Waals surface area contributed by atoms with Crippen LogP contribution < -0.4 is 9.62 Å². The summed E-state index contributed by atoms with van der Waals surface area (Å²) in [4.78, 5) is 13.1. The number of nitrogens with zero attached hydrogens (tertiary/aromatic N) is 1. The van der Waals surface area contributed by atoms with Crippen molar-refractivity contribution in [1.29, 1.82) is 0 Å². The Hall–Kier alpha value is -2.05. The number of benzene rings is 2. The number of carbonyl (C=O) groups is 1. The summed E-state index contributed by atoms with van der Waals surface area (Å²) in [6.07, 6.45) is 4.78. The van der Waals surface area contributed by atoms with Crippen LogP contribution in [0.1, 0.15) is 49.4 Å². The highest BCUT2D eigenvalue weighted by Gasteiger charge is 2.32. The smallest absolute Gasteiger partial charge is 0.244 e. The van der Waals surface area contributed by atoms with E-state index in [1.165, 1.54) is 17.5 Å². The molecule has 0 bridgehead atoms. The lowest BCUT2D eigenvalue weighted by Crippen LogP contribution is -2.49. The Morgan fingerprint density at radius 2 is 1.90 bits per heavy atom. The van der Waals surface area contributed by atoms with Crippen LogP contribution in [0, 0.1) is 0 Å². The molecule has 0 saturated carbocycles. The molecule has 2 atom stereocenters. The molecule has 0 saturated heterocycles. The highest BCUT2D eigenvalue weighted by atomic mass is 35.5. The molecule has 156 valence electrons. The van der Waals surface area contributed by atoms with Crippen LogP contribution in [0.3, 0.4) is 0 Å². The van der Waals surface area contributed by atoms with Crippen molar-refractivity contribution in [3.05, 3.63) is 64.2 Å². The predicted octanol–water partition coefficient (Wildman–Crippen LogP) is 4.25. The minimum Gasteiger partial charge on any atom is -0.348 e. The fraction of sp³-hybridized carbons (Fsp3) is 0.409. The number of anilines is 1. The Bertz CT molecular complexity index is 1010. The Balaban J connectivity index is 1.84. The first-order chi connectivity index (χ1) is 13.7. The van der Waals surface area contributed by atoms with E-state index in [1.54, 1.807) is 31.2 Å². The van der Waals surface area contributed by atoms with E-state index in [0.29, 0.717) is 17.1 Å². The van der Waals surface area contributed by atoms with Gasteiger partial charge in [-0.15, -0.1) is 0 Å². The van der Waals surface area contributed by atoms with Crippen molar-refractivity contribution in [2.45, 2.75) is 51.6 Å². The Labute approximate surface area is 178 Å². The van der Waals surface area contributed by atoms with Gasteiger partial charge in [-0.3, -0.25) is 9.10 Å². The zero-order chi connectivity index (χ0) is 21.2. The second-order valence-corrected chi connectivity index (χ2v) is 9.87. The molecule has 0 aliphatic heterocycles. The van der Waals surface area contributed by atoms with Gasteiger partial charge < -0.3 is 5.32 Å². The van der Waals surface area contributed by atoms with Gasteiger partial charge in [0.05, 0.1) is 18.0 Å². The summed E-state index contributed by atoms with van der Waals surface area (Å²) in [6.45, 7) is 3.72. The fourth-order valence-electron chi connectivity index (χ4n) is 3.93. The van der Waals surface area contributed by atoms with E-state index >= 15 is 0 Å². The van der Waals surface area contributed by atoms with Crippen LogP contribution in [-0.4, -0.2) is 26.6 Å². The largest absolute Gasteiger partial charge is 0.348 e. The van der Waals surface area contributed by atoms with Crippen LogP contribution in [0.15, 0.2) is 42.5 Å². The predicted molar refractivity (Wildman–Crippen MR) is 118 cm³/mol. The van der Waals surface area contributed by atoms with Gasteiger partial charge in [-0.05, 0) is 67.5 Å². The minimum absolute atomic E-state index is 0.219. The van der Waals surface area contributed by atoms with Crippen molar-refractivity contribution < 1.29 is 13.2 Å². The summed E-state index contributed by atoms with van der Waals surface area (Å²) in [5.74, 6) is -0.328. The highest BCUT2D eigenvalue weighted by Crippen LogP contribution is 2.27. The van der Waals surface area contributed by atoms with Gasteiger partial charge in [-0.1, -0.05) is 42.8 Å². The van der Waals surface area contributed by atoms with Crippen LogP contribution >= 0.6 is 11.6 Å². The summed E-state index contributed by atoms with van der Waals surface area (Å²) < 4.78 is 26.2. The standard InChI is InChI=1S/C22H27ClN2O3S/c1-4-21(25(29(3,27)28)20-10-6-9-19(23)14-20)22(26)24-15(2)17-12-11-16-7-5-8-18(16)13-17/h6,9-15,21H,4-5,7-8H2,1-3H3,(H,24,26)/t15-,21-/m1/s1. The van der Waals surface area contributed by atoms with E-state index < -0.39 is 16.1 Å². The molecule has 0 heterocycles. The molecule has 0 fully saturated rings. The number of fused-ring (bicyclic) bond motifs is 1. The molecule has 7 heteroatoms. The minimum atomic E-state index is -3.69. The van der Waals surface area contributed by atoms with Gasteiger partial charge in [-0.25, -0.2) is 8.42 Å². The Morgan fingerprint density at radius 1 is 1.17 bits per heavy atom. The summed E-state index contributed by atoms with van der Waals surface area (Å²) in [6, 6.07) is 11.8. The number of nitrogens with one attached hydrogen (secondary N) is 1. The van der Waals surface area contributed by atoms with Crippen LogP contribution in [0.25, 0.3) is 0 Å². The number of sulfonamides is 1. The second-order valence-electron chi connectivity index (χ2n) is 7.57. The van der Waals surface area contributed by atoms with Crippen molar-refractivity contribution in [1.82, 2.24) is 5.32 Å². The molecule has 2 aromatic rings. The summed E-state index contributed by atoms with van der Waals surface area (Å²) >= 11 is 6.06. The van der Waals surface area contributed by atoms with Crippen molar-refractivity contribution >= 4 is 33.2 Å². The number of halogens is 1. The summed E-state index contributed by atoms with van der Waals surface area (Å²) in [5.41, 5.74) is 4.13. The van der Waals surface area contributed by atoms with Crippen LogP contribution in [0.4, 0.5) is 5.69 Å². The van der Waals surface area contributed by atoms with E-state index in [4.69, 9.17) is 11.6 Å². The molecule has 0 radical (unpaired) electrons. The SMILES string of the molecule is CC[C@H](C(=O)N[C@H](C)c1ccc2c(c1)CCC2)N(c1cccc(Cl)c1)S(C)(=O)=O. The quantitative estimate of drug-likeness (QED) is 0.708. The first-order valence-electron chi connectivity index (χ1n) is 9.87. The highest BCUT2D eigenvalue weighted by molar-refractivity contribution is 7.92. The summed E-state index contributed by atoms with van der Waals surface area (Å²) in [7, 11) is -3.69. The van der Waals surface area contributed by atoms with Crippen LogP contribution in [0.2, 0.25) is 5.02 Å². The Kier molecular flexibility index (Phi) is 6.54.